The number of carbonyl (C=O) groups is 1. The highest BCUT2D eigenvalue weighted by atomic mass is 19.2. The van der Waals surface area contributed by atoms with Crippen molar-refractivity contribution >= 4 is 6.03 Å². The first-order chi connectivity index (χ1) is 8.02. The number of halogens is 2. The summed E-state index contributed by atoms with van der Waals surface area (Å²) in [6, 6.07) is 3.07. The molecule has 0 aliphatic rings. The second kappa shape index (κ2) is 6.15. The van der Waals surface area contributed by atoms with E-state index in [0.29, 0.717) is 13.1 Å². The summed E-state index contributed by atoms with van der Waals surface area (Å²) in [5.74, 6) is -1.72. The second-order valence-corrected chi connectivity index (χ2v) is 3.61. The summed E-state index contributed by atoms with van der Waals surface area (Å²) in [5.41, 5.74) is 5.13. The molecule has 0 aliphatic heterocycles. The zero-order valence-corrected chi connectivity index (χ0v) is 9.47. The van der Waals surface area contributed by atoms with Crippen LogP contribution in [0.5, 0.6) is 0 Å². The molecule has 1 aromatic carbocycles. The highest BCUT2D eigenvalue weighted by Gasteiger charge is 2.13. The quantitative estimate of drug-likeness (QED) is 0.682. The molecule has 0 fully saturated rings. The van der Waals surface area contributed by atoms with Crippen LogP contribution in [-0.4, -0.2) is 19.1 Å². The van der Waals surface area contributed by atoms with Crippen LogP contribution >= 0.6 is 0 Å². The first-order valence-corrected chi connectivity index (χ1v) is 5.23. The van der Waals surface area contributed by atoms with Crippen LogP contribution in [0.2, 0.25) is 0 Å². The highest BCUT2D eigenvalue weighted by Crippen LogP contribution is 2.18. The van der Waals surface area contributed by atoms with Gasteiger partial charge in [0.2, 0.25) is 0 Å². The van der Waals surface area contributed by atoms with Crippen LogP contribution in [0.4, 0.5) is 13.6 Å². The molecule has 0 heterocycles. The molecule has 0 spiro atoms. The minimum Gasteiger partial charge on any atom is -0.352 e. The van der Waals surface area contributed by atoms with Gasteiger partial charge in [-0.2, -0.15) is 0 Å². The van der Waals surface area contributed by atoms with E-state index in [1.54, 1.807) is 6.92 Å². The zero-order valence-electron chi connectivity index (χ0n) is 9.47. The van der Waals surface area contributed by atoms with Crippen LogP contribution in [0.1, 0.15) is 18.5 Å². The fraction of sp³-hybridized carbons (Fsp3) is 0.364. The maximum Gasteiger partial charge on any atom is 0.312 e. The van der Waals surface area contributed by atoms with E-state index < -0.39 is 17.7 Å². The van der Waals surface area contributed by atoms with Gasteiger partial charge >= 0.3 is 6.03 Å². The van der Waals surface area contributed by atoms with Gasteiger partial charge in [-0.1, -0.05) is 12.1 Å². The fourth-order valence-electron chi connectivity index (χ4n) is 1.44. The lowest BCUT2D eigenvalue weighted by atomic mass is 10.1. The topological polar surface area (TPSA) is 67.2 Å². The molecular weight excluding hydrogens is 228 g/mol. The minimum absolute atomic E-state index is 0.254. The van der Waals surface area contributed by atoms with E-state index in [1.165, 1.54) is 12.1 Å². The van der Waals surface area contributed by atoms with Gasteiger partial charge < -0.3 is 16.4 Å². The lowest BCUT2D eigenvalue weighted by Gasteiger charge is -2.15. The van der Waals surface area contributed by atoms with Crippen LogP contribution in [-0.2, 0) is 0 Å². The van der Waals surface area contributed by atoms with Crippen molar-refractivity contribution in [1.29, 1.82) is 0 Å². The average molecular weight is 243 g/mol. The van der Waals surface area contributed by atoms with Crippen molar-refractivity contribution in [2.45, 2.75) is 13.0 Å². The average Bonchev–Trinajstić information content (AvgIpc) is 2.27. The van der Waals surface area contributed by atoms with E-state index in [0.717, 1.165) is 6.07 Å². The summed E-state index contributed by atoms with van der Waals surface area (Å²) >= 11 is 0. The molecule has 1 rings (SSSR count). The lowest BCUT2D eigenvalue weighted by molar-refractivity contribution is 0.249. The molecule has 2 amide bonds. The molecular formula is C11H15F2N3O. The molecule has 1 atom stereocenters. The van der Waals surface area contributed by atoms with E-state index in [4.69, 9.17) is 5.73 Å². The Hall–Kier alpha value is -1.69. The van der Waals surface area contributed by atoms with Gasteiger partial charge in [0, 0.05) is 24.7 Å². The van der Waals surface area contributed by atoms with Crippen LogP contribution in [0.25, 0.3) is 0 Å². The Labute approximate surface area is 98.2 Å². The van der Waals surface area contributed by atoms with Gasteiger partial charge in [-0.25, -0.2) is 13.6 Å². The maximum atomic E-state index is 13.4. The van der Waals surface area contributed by atoms with Crippen molar-refractivity contribution in [3.05, 3.63) is 35.4 Å². The first kappa shape index (κ1) is 13.4. The summed E-state index contributed by atoms with van der Waals surface area (Å²) in [7, 11) is 0. The molecule has 0 aromatic heterocycles. The number of hydrogen-bond donors (Lipinski definition) is 3. The Morgan fingerprint density at radius 3 is 2.76 bits per heavy atom. The molecule has 0 saturated heterocycles. The highest BCUT2D eigenvalue weighted by molar-refractivity contribution is 5.71. The van der Waals surface area contributed by atoms with Crippen molar-refractivity contribution in [2.75, 3.05) is 13.1 Å². The summed E-state index contributed by atoms with van der Waals surface area (Å²) in [6.45, 7) is 2.46. The van der Waals surface area contributed by atoms with Gasteiger partial charge in [-0.3, -0.25) is 0 Å². The number of nitrogens with one attached hydrogen (secondary N) is 2. The Bertz CT molecular complexity index is 398. The van der Waals surface area contributed by atoms with Gasteiger partial charge in [0.05, 0.1) is 0 Å². The molecule has 0 saturated carbocycles. The Morgan fingerprint density at radius 2 is 2.12 bits per heavy atom. The third-order valence-corrected chi connectivity index (χ3v) is 2.32. The van der Waals surface area contributed by atoms with Crippen molar-refractivity contribution in [3.63, 3.8) is 0 Å². The first-order valence-electron chi connectivity index (χ1n) is 5.23. The van der Waals surface area contributed by atoms with E-state index in [-0.39, 0.29) is 11.6 Å². The third kappa shape index (κ3) is 3.99. The molecule has 4 nitrogen and oxygen atoms in total. The van der Waals surface area contributed by atoms with Crippen LogP contribution in [0.3, 0.4) is 0 Å². The number of carbonyl (C=O) groups excluding carboxylic acids is 1. The third-order valence-electron chi connectivity index (χ3n) is 2.32. The predicted molar refractivity (Wildman–Crippen MR) is 60.4 cm³/mol. The summed E-state index contributed by atoms with van der Waals surface area (Å²) in [6.07, 6.45) is 0. The number of nitrogens with two attached hydrogens (primary N) is 1. The van der Waals surface area contributed by atoms with Crippen molar-refractivity contribution in [3.8, 4) is 0 Å². The molecule has 17 heavy (non-hydrogen) atoms. The van der Waals surface area contributed by atoms with E-state index >= 15 is 0 Å². The fourth-order valence-corrected chi connectivity index (χ4v) is 1.44. The standard InChI is InChI=1S/C11H15F2N3O/c1-7(15-5-6-16-11(14)17)8-3-2-4-9(12)10(8)13/h2-4,7,15H,5-6H2,1H3,(H3,14,16,17). The molecule has 1 aromatic rings. The van der Waals surface area contributed by atoms with Gasteiger partial charge in [0.1, 0.15) is 0 Å². The van der Waals surface area contributed by atoms with Crippen LogP contribution in [0.15, 0.2) is 18.2 Å². The lowest BCUT2D eigenvalue weighted by Crippen LogP contribution is -2.36. The second-order valence-electron chi connectivity index (χ2n) is 3.61. The van der Waals surface area contributed by atoms with Gasteiger partial charge in [-0.05, 0) is 13.0 Å². The van der Waals surface area contributed by atoms with Crippen molar-refractivity contribution in [1.82, 2.24) is 10.6 Å². The Kier molecular flexibility index (Phi) is 4.84. The molecule has 0 bridgehead atoms. The SMILES string of the molecule is CC(NCCNC(N)=O)c1cccc(F)c1F. The molecule has 94 valence electrons. The minimum atomic E-state index is -0.869. The number of rotatable bonds is 5. The smallest absolute Gasteiger partial charge is 0.312 e. The number of benzene rings is 1. The maximum absolute atomic E-state index is 13.4. The predicted octanol–water partition coefficient (Wildman–Crippen LogP) is 1.28. The van der Waals surface area contributed by atoms with Crippen molar-refractivity contribution < 1.29 is 13.6 Å². The van der Waals surface area contributed by atoms with E-state index in [1.807, 2.05) is 0 Å². The van der Waals surface area contributed by atoms with Crippen LogP contribution in [0, 0.1) is 11.6 Å². The van der Waals surface area contributed by atoms with Gasteiger partial charge in [0.25, 0.3) is 0 Å². The molecule has 6 heteroatoms. The molecule has 0 aliphatic carbocycles. The Balaban J connectivity index is 2.49. The molecule has 1 unspecified atom stereocenters. The Morgan fingerprint density at radius 1 is 1.41 bits per heavy atom. The normalized spacial score (nSPS) is 12.2. The number of primary amides is 1. The molecule has 4 N–H and O–H groups in total. The zero-order chi connectivity index (χ0) is 12.8. The monoisotopic (exact) mass is 243 g/mol. The molecule has 0 radical (unpaired) electrons. The summed E-state index contributed by atoms with van der Waals surface area (Å²) in [4.78, 5) is 10.4. The largest absolute Gasteiger partial charge is 0.352 e. The van der Waals surface area contributed by atoms with Gasteiger partial charge in [0.15, 0.2) is 11.6 Å². The van der Waals surface area contributed by atoms with E-state index in [9.17, 15) is 13.6 Å². The number of urea groups is 1. The summed E-state index contributed by atoms with van der Waals surface area (Å²) < 4.78 is 26.3. The van der Waals surface area contributed by atoms with Gasteiger partial charge in [-0.15, -0.1) is 0 Å². The van der Waals surface area contributed by atoms with Crippen LogP contribution < -0.4 is 16.4 Å². The summed E-state index contributed by atoms with van der Waals surface area (Å²) in [5, 5.41) is 5.33. The van der Waals surface area contributed by atoms with Crippen molar-refractivity contribution in [2.24, 2.45) is 5.73 Å². The number of amides is 2. The van der Waals surface area contributed by atoms with E-state index in [2.05, 4.69) is 10.6 Å². The number of hydrogen-bond acceptors (Lipinski definition) is 2.